The van der Waals surface area contributed by atoms with E-state index < -0.39 is 24.0 Å². The maximum Gasteiger partial charge on any atom is 0.248 e. The van der Waals surface area contributed by atoms with Crippen molar-refractivity contribution in [2.75, 3.05) is 11.5 Å². The van der Waals surface area contributed by atoms with Crippen LogP contribution in [-0.4, -0.2) is 67.5 Å². The number of thioether (sulfide) groups is 2. The maximum absolute atomic E-state index is 13.3. The molecule has 0 saturated carbocycles. The summed E-state index contributed by atoms with van der Waals surface area (Å²) in [6.07, 6.45) is 8.42. The number of unbranched alkanes of at least 4 members (excludes halogenated alkanes) is 4. The smallest absolute Gasteiger partial charge is 0.248 e. The summed E-state index contributed by atoms with van der Waals surface area (Å²) in [5, 5.41) is 20.4. The fourth-order valence-corrected chi connectivity index (χ4v) is 7.09. The summed E-state index contributed by atoms with van der Waals surface area (Å²) < 4.78 is 5.96. The minimum atomic E-state index is -1.34. The summed E-state index contributed by atoms with van der Waals surface area (Å²) in [6.45, 7) is 8.01. The van der Waals surface area contributed by atoms with Crippen LogP contribution in [-0.2, 0) is 25.7 Å². The van der Waals surface area contributed by atoms with E-state index in [1.165, 1.54) is 54.1 Å². The first-order chi connectivity index (χ1) is 19.6. The molecular weight excluding hydrogens is 581 g/mol. The fraction of sp³-hybridized carbons (Fsp3) is 0.690. The van der Waals surface area contributed by atoms with Gasteiger partial charge in [-0.3, -0.25) is 19.4 Å². The number of rotatable bonds is 11. The van der Waals surface area contributed by atoms with E-state index in [2.05, 4.69) is 27.5 Å². The van der Waals surface area contributed by atoms with Crippen molar-refractivity contribution < 1.29 is 24.2 Å². The predicted octanol–water partition coefficient (Wildman–Crippen LogP) is 4.83. The molecule has 4 atom stereocenters. The van der Waals surface area contributed by atoms with Gasteiger partial charge < -0.3 is 20.5 Å². The largest absolute Gasteiger partial charge is 0.366 e. The average molecular weight is 625 g/mol. The van der Waals surface area contributed by atoms with Crippen molar-refractivity contribution in [2.45, 2.75) is 110 Å². The number of nitrogens with zero attached hydrogens (tertiary/aromatic N) is 2. The van der Waals surface area contributed by atoms with Crippen molar-refractivity contribution in [3.63, 3.8) is 0 Å². The van der Waals surface area contributed by atoms with E-state index in [-0.39, 0.29) is 35.8 Å². The van der Waals surface area contributed by atoms with Gasteiger partial charge in [-0.05, 0) is 25.7 Å². The van der Waals surface area contributed by atoms with E-state index in [0.717, 1.165) is 17.8 Å². The van der Waals surface area contributed by atoms with Gasteiger partial charge in [0.05, 0.1) is 25.1 Å². The summed E-state index contributed by atoms with van der Waals surface area (Å²) in [5.41, 5.74) is -0.295. The molecule has 0 spiro atoms. The monoisotopic (exact) mass is 624 g/mol. The summed E-state index contributed by atoms with van der Waals surface area (Å²) in [6, 6.07) is -0.702. The van der Waals surface area contributed by atoms with Gasteiger partial charge in [0, 0.05) is 23.3 Å². The van der Waals surface area contributed by atoms with E-state index in [1.807, 2.05) is 25.3 Å². The highest BCUT2D eigenvalue weighted by atomic mass is 32.2. The number of aliphatic imine (C=N–C) groups is 1. The number of fused-ring (bicyclic) bond motifs is 4. The van der Waals surface area contributed by atoms with Crippen LogP contribution in [0.15, 0.2) is 22.5 Å². The lowest BCUT2D eigenvalue weighted by Crippen LogP contribution is -2.54. The number of ether oxygens (including phenoxy) is 1. The van der Waals surface area contributed by atoms with E-state index in [4.69, 9.17) is 4.74 Å². The van der Waals surface area contributed by atoms with Crippen LogP contribution >= 0.6 is 34.9 Å². The topological polar surface area (TPSA) is 130 Å². The molecule has 3 rings (SSSR count). The maximum atomic E-state index is 13.3. The minimum Gasteiger partial charge on any atom is -0.366 e. The Hall–Kier alpha value is -1.73. The molecule has 2 amide bonds. The second-order valence-corrected chi connectivity index (χ2v) is 14.1. The fourth-order valence-electron chi connectivity index (χ4n) is 4.40. The Bertz CT molecular complexity index is 1090. The Morgan fingerprint density at radius 2 is 2.07 bits per heavy atom. The number of nitrogens with one attached hydrogen (secondary N) is 2. The van der Waals surface area contributed by atoms with Crippen molar-refractivity contribution in [3.8, 4) is 0 Å². The van der Waals surface area contributed by atoms with Crippen LogP contribution in [0.5, 0.6) is 0 Å². The quantitative estimate of drug-likeness (QED) is 0.236. The zero-order valence-corrected chi connectivity index (χ0v) is 27.0. The van der Waals surface area contributed by atoms with Gasteiger partial charge in [0.2, 0.25) is 11.8 Å². The molecule has 2 aliphatic rings. The van der Waals surface area contributed by atoms with Gasteiger partial charge in [-0.2, -0.15) is 0 Å². The number of amides is 2. The molecular formula is C29H44N4O5S3. The van der Waals surface area contributed by atoms with E-state index in [0.29, 0.717) is 35.1 Å². The second kappa shape index (κ2) is 16.8. The minimum absolute atomic E-state index is 0.00529. The van der Waals surface area contributed by atoms with Crippen LogP contribution in [0, 0.1) is 5.92 Å². The third-order valence-corrected chi connectivity index (χ3v) is 10.0. The molecule has 0 fully saturated rings. The third-order valence-electron chi connectivity index (χ3n) is 6.94. The molecule has 0 aliphatic carbocycles. The molecule has 1 aromatic rings. The van der Waals surface area contributed by atoms with Crippen molar-refractivity contribution in [1.29, 1.82) is 0 Å². The Balaban J connectivity index is 1.65. The SMILES string of the molecule is CCCCCCCC(=O)SCCC=CC1CC(=O)NCc2nc(cs2)C2=NC(C)(CS2)C(=O)NC(C(C)C)C(O)O1. The molecule has 41 heavy (non-hydrogen) atoms. The van der Waals surface area contributed by atoms with Crippen LogP contribution in [0.2, 0.25) is 0 Å². The summed E-state index contributed by atoms with van der Waals surface area (Å²) >= 11 is 4.23. The molecule has 4 unspecified atom stereocenters. The number of carbonyl (C=O) groups excluding carboxylic acids is 3. The number of aromatic nitrogens is 1. The molecule has 0 saturated heterocycles. The average Bonchev–Trinajstić information content (AvgIpc) is 3.56. The van der Waals surface area contributed by atoms with Crippen molar-refractivity contribution >= 4 is 56.8 Å². The predicted molar refractivity (Wildman–Crippen MR) is 168 cm³/mol. The first kappa shape index (κ1) is 33.8. The van der Waals surface area contributed by atoms with Crippen molar-refractivity contribution in [3.05, 3.63) is 28.2 Å². The Kier molecular flexibility index (Phi) is 13.8. The molecule has 4 bridgehead atoms. The number of allylic oxidation sites excluding steroid dienone is 1. The van der Waals surface area contributed by atoms with Crippen molar-refractivity contribution in [2.24, 2.45) is 10.9 Å². The molecule has 2 aliphatic heterocycles. The standard InChI is InChI=1S/C29H44N4O5S3/c1-5-6-7-8-9-13-24(35)39-14-11-10-12-20-15-22(34)30-16-23-31-21(17-40-23)26-33-29(4,18-41-26)28(37)32-25(19(2)3)27(36)38-20/h10,12,17,19-20,25,27,36H,5-9,11,13-16,18H2,1-4H3,(H,30,34)(H,32,37). The lowest BCUT2D eigenvalue weighted by Gasteiger charge is -2.32. The van der Waals surface area contributed by atoms with Crippen LogP contribution in [0.25, 0.3) is 0 Å². The highest BCUT2D eigenvalue weighted by molar-refractivity contribution is 8.14. The molecule has 9 nitrogen and oxygen atoms in total. The second-order valence-electron chi connectivity index (χ2n) is 11.0. The Morgan fingerprint density at radius 3 is 2.83 bits per heavy atom. The number of aliphatic hydroxyl groups is 1. The number of aliphatic hydroxyl groups excluding tert-OH is 1. The normalized spacial score (nSPS) is 25.8. The van der Waals surface area contributed by atoms with Gasteiger partial charge in [-0.15, -0.1) is 23.1 Å². The summed E-state index contributed by atoms with van der Waals surface area (Å²) in [4.78, 5) is 47.6. The number of thiazole rings is 1. The van der Waals surface area contributed by atoms with Gasteiger partial charge in [0.25, 0.3) is 0 Å². The van der Waals surface area contributed by atoms with Gasteiger partial charge >= 0.3 is 0 Å². The molecule has 0 radical (unpaired) electrons. The molecule has 0 aromatic carbocycles. The van der Waals surface area contributed by atoms with Gasteiger partial charge in [-0.1, -0.05) is 70.4 Å². The van der Waals surface area contributed by atoms with E-state index in [1.54, 1.807) is 13.0 Å². The van der Waals surface area contributed by atoms with Gasteiger partial charge in [0.15, 0.2) is 11.4 Å². The van der Waals surface area contributed by atoms with Gasteiger partial charge in [0.1, 0.15) is 21.3 Å². The van der Waals surface area contributed by atoms with Gasteiger partial charge in [-0.25, -0.2) is 4.98 Å². The van der Waals surface area contributed by atoms with E-state index in [9.17, 15) is 19.5 Å². The summed E-state index contributed by atoms with van der Waals surface area (Å²) in [5.74, 6) is 0.430. The number of carbonyl (C=O) groups is 3. The van der Waals surface area contributed by atoms with Crippen LogP contribution < -0.4 is 10.6 Å². The zero-order valence-electron chi connectivity index (χ0n) is 24.5. The number of hydrogen-bond donors (Lipinski definition) is 3. The Labute approximate surface area is 256 Å². The van der Waals surface area contributed by atoms with Crippen LogP contribution in [0.1, 0.15) is 89.8 Å². The zero-order chi connectivity index (χ0) is 29.8. The first-order valence-electron chi connectivity index (χ1n) is 14.5. The number of hydrogen-bond acceptors (Lipinski definition) is 10. The highest BCUT2D eigenvalue weighted by Gasteiger charge is 2.41. The highest BCUT2D eigenvalue weighted by Crippen LogP contribution is 2.32. The Morgan fingerprint density at radius 1 is 1.29 bits per heavy atom. The molecule has 12 heteroatoms. The summed E-state index contributed by atoms with van der Waals surface area (Å²) in [7, 11) is 0. The van der Waals surface area contributed by atoms with Crippen LogP contribution in [0.3, 0.4) is 0 Å². The lowest BCUT2D eigenvalue weighted by molar-refractivity contribution is -0.159. The lowest BCUT2D eigenvalue weighted by atomic mass is 9.99. The van der Waals surface area contributed by atoms with Crippen molar-refractivity contribution in [1.82, 2.24) is 15.6 Å². The molecule has 3 heterocycles. The molecule has 3 N–H and O–H groups in total. The first-order valence-corrected chi connectivity index (χ1v) is 17.4. The third kappa shape index (κ3) is 10.8. The van der Waals surface area contributed by atoms with Crippen LogP contribution in [0.4, 0.5) is 0 Å². The van der Waals surface area contributed by atoms with E-state index >= 15 is 0 Å². The molecule has 1 aromatic heterocycles. The molecule has 228 valence electrons.